The second-order valence-electron chi connectivity index (χ2n) is 3.89. The van der Waals surface area contributed by atoms with Crippen molar-refractivity contribution in [2.45, 2.75) is 13.8 Å². The Labute approximate surface area is 96.5 Å². The summed E-state index contributed by atoms with van der Waals surface area (Å²) in [6.07, 6.45) is 4.16. The van der Waals surface area contributed by atoms with Gasteiger partial charge in [0.05, 0.1) is 5.69 Å². The van der Waals surface area contributed by atoms with Crippen LogP contribution in [0.2, 0.25) is 0 Å². The van der Waals surface area contributed by atoms with Gasteiger partial charge in [-0.05, 0) is 43.2 Å². The van der Waals surface area contributed by atoms with E-state index in [2.05, 4.69) is 48.3 Å². The van der Waals surface area contributed by atoms with Gasteiger partial charge in [-0.2, -0.15) is 0 Å². The highest BCUT2D eigenvalue weighted by Gasteiger charge is 1.92. The van der Waals surface area contributed by atoms with E-state index in [1.807, 2.05) is 25.1 Å². The Hall–Kier alpha value is -1.89. The van der Waals surface area contributed by atoms with Crippen molar-refractivity contribution in [2.75, 3.05) is 0 Å². The van der Waals surface area contributed by atoms with Crippen LogP contribution in [-0.2, 0) is 0 Å². The standard InChI is InChI=1S/C15H15N/c1-12-6-3-4-8-14(12)10-11-15-9-5-7-13(2)16-15/h3-11H,1-2H3/b11-10+. The molecule has 0 fully saturated rings. The predicted octanol–water partition coefficient (Wildman–Crippen LogP) is 3.87. The van der Waals surface area contributed by atoms with Gasteiger partial charge in [0.2, 0.25) is 0 Å². The quantitative estimate of drug-likeness (QED) is 0.731. The molecule has 0 bridgehead atoms. The molecular formula is C15H15N. The molecule has 80 valence electrons. The fourth-order valence-electron chi connectivity index (χ4n) is 1.61. The van der Waals surface area contributed by atoms with E-state index >= 15 is 0 Å². The molecule has 1 nitrogen and oxygen atoms in total. The summed E-state index contributed by atoms with van der Waals surface area (Å²) in [5.41, 5.74) is 4.58. The second-order valence-corrected chi connectivity index (χ2v) is 3.89. The van der Waals surface area contributed by atoms with E-state index in [-0.39, 0.29) is 0 Å². The Bertz CT molecular complexity index is 512. The maximum atomic E-state index is 4.43. The smallest absolute Gasteiger partial charge is 0.0633 e. The van der Waals surface area contributed by atoms with Gasteiger partial charge >= 0.3 is 0 Å². The maximum Gasteiger partial charge on any atom is 0.0633 e. The molecule has 0 saturated heterocycles. The zero-order valence-corrected chi connectivity index (χ0v) is 9.64. The third kappa shape index (κ3) is 2.57. The molecule has 0 saturated carbocycles. The molecule has 0 N–H and O–H groups in total. The Morgan fingerprint density at radius 3 is 2.44 bits per heavy atom. The number of aromatic nitrogens is 1. The summed E-state index contributed by atoms with van der Waals surface area (Å²) in [6.45, 7) is 4.12. The minimum absolute atomic E-state index is 1.00. The van der Waals surface area contributed by atoms with E-state index in [1.54, 1.807) is 0 Å². The molecule has 16 heavy (non-hydrogen) atoms. The van der Waals surface area contributed by atoms with E-state index in [9.17, 15) is 0 Å². The fourth-order valence-corrected chi connectivity index (χ4v) is 1.61. The summed E-state index contributed by atoms with van der Waals surface area (Å²) in [4.78, 5) is 4.43. The summed E-state index contributed by atoms with van der Waals surface area (Å²) >= 11 is 0. The normalized spacial score (nSPS) is 10.9. The Morgan fingerprint density at radius 1 is 0.875 bits per heavy atom. The molecule has 1 heteroatoms. The predicted molar refractivity (Wildman–Crippen MR) is 69.1 cm³/mol. The van der Waals surface area contributed by atoms with Crippen molar-refractivity contribution in [1.29, 1.82) is 0 Å². The number of hydrogen-bond acceptors (Lipinski definition) is 1. The summed E-state index contributed by atoms with van der Waals surface area (Å²) in [6, 6.07) is 14.4. The summed E-state index contributed by atoms with van der Waals surface area (Å²) in [5, 5.41) is 0. The number of hydrogen-bond donors (Lipinski definition) is 0. The van der Waals surface area contributed by atoms with Crippen LogP contribution in [-0.4, -0.2) is 4.98 Å². The van der Waals surface area contributed by atoms with Crippen LogP contribution in [0.25, 0.3) is 12.2 Å². The van der Waals surface area contributed by atoms with Crippen molar-refractivity contribution >= 4 is 12.2 Å². The minimum Gasteiger partial charge on any atom is -0.254 e. The van der Waals surface area contributed by atoms with Crippen molar-refractivity contribution < 1.29 is 0 Å². The van der Waals surface area contributed by atoms with Crippen LogP contribution in [0.1, 0.15) is 22.5 Å². The Morgan fingerprint density at radius 2 is 1.69 bits per heavy atom. The molecule has 2 aromatic rings. The number of nitrogens with zero attached hydrogens (tertiary/aromatic N) is 1. The van der Waals surface area contributed by atoms with Gasteiger partial charge in [0.15, 0.2) is 0 Å². The van der Waals surface area contributed by atoms with Crippen LogP contribution in [0.4, 0.5) is 0 Å². The van der Waals surface area contributed by atoms with Crippen LogP contribution < -0.4 is 0 Å². The lowest BCUT2D eigenvalue weighted by Crippen LogP contribution is -1.84. The largest absolute Gasteiger partial charge is 0.254 e. The highest BCUT2D eigenvalue weighted by Crippen LogP contribution is 2.11. The van der Waals surface area contributed by atoms with Gasteiger partial charge in [0, 0.05) is 5.69 Å². The Kier molecular flexibility index (Phi) is 3.16. The number of pyridine rings is 1. The van der Waals surface area contributed by atoms with Gasteiger partial charge in [-0.1, -0.05) is 36.4 Å². The Balaban J connectivity index is 2.25. The average molecular weight is 209 g/mol. The fraction of sp³-hybridized carbons (Fsp3) is 0.133. The molecule has 1 aromatic heterocycles. The summed E-state index contributed by atoms with van der Waals surface area (Å²) < 4.78 is 0. The van der Waals surface area contributed by atoms with E-state index in [0.29, 0.717) is 0 Å². The van der Waals surface area contributed by atoms with Crippen LogP contribution in [0.3, 0.4) is 0 Å². The summed E-state index contributed by atoms with van der Waals surface area (Å²) in [5.74, 6) is 0. The first kappa shape index (κ1) is 10.6. The first-order valence-electron chi connectivity index (χ1n) is 5.43. The van der Waals surface area contributed by atoms with Gasteiger partial charge < -0.3 is 0 Å². The van der Waals surface area contributed by atoms with Gasteiger partial charge in [-0.3, -0.25) is 4.98 Å². The van der Waals surface area contributed by atoms with Gasteiger partial charge in [-0.15, -0.1) is 0 Å². The van der Waals surface area contributed by atoms with E-state index < -0.39 is 0 Å². The molecule has 0 atom stereocenters. The molecular weight excluding hydrogens is 194 g/mol. The monoisotopic (exact) mass is 209 g/mol. The van der Waals surface area contributed by atoms with Crippen molar-refractivity contribution in [3.63, 3.8) is 0 Å². The first-order chi connectivity index (χ1) is 7.75. The van der Waals surface area contributed by atoms with Crippen molar-refractivity contribution in [3.8, 4) is 0 Å². The zero-order chi connectivity index (χ0) is 11.4. The first-order valence-corrected chi connectivity index (χ1v) is 5.43. The lowest BCUT2D eigenvalue weighted by atomic mass is 10.1. The number of benzene rings is 1. The third-order valence-electron chi connectivity index (χ3n) is 2.53. The van der Waals surface area contributed by atoms with Gasteiger partial charge in [0.25, 0.3) is 0 Å². The van der Waals surface area contributed by atoms with Crippen LogP contribution in [0, 0.1) is 13.8 Å². The molecule has 0 aliphatic rings. The van der Waals surface area contributed by atoms with E-state index in [0.717, 1.165) is 11.4 Å². The van der Waals surface area contributed by atoms with E-state index in [4.69, 9.17) is 0 Å². The van der Waals surface area contributed by atoms with Crippen LogP contribution in [0.15, 0.2) is 42.5 Å². The minimum atomic E-state index is 1.00. The molecule has 2 rings (SSSR count). The SMILES string of the molecule is Cc1cccc(/C=C/c2ccccc2C)n1. The zero-order valence-electron chi connectivity index (χ0n) is 9.64. The molecule has 0 aliphatic heterocycles. The molecule has 0 amide bonds. The van der Waals surface area contributed by atoms with Crippen LogP contribution in [0.5, 0.6) is 0 Å². The maximum absolute atomic E-state index is 4.43. The topological polar surface area (TPSA) is 12.9 Å². The number of rotatable bonds is 2. The second kappa shape index (κ2) is 4.75. The van der Waals surface area contributed by atoms with Gasteiger partial charge in [0.1, 0.15) is 0 Å². The average Bonchev–Trinajstić information content (AvgIpc) is 2.28. The molecule has 0 aliphatic carbocycles. The molecule has 0 unspecified atom stereocenters. The van der Waals surface area contributed by atoms with Crippen molar-refractivity contribution in [2.24, 2.45) is 0 Å². The molecule has 1 aromatic carbocycles. The number of aryl methyl sites for hydroxylation is 2. The van der Waals surface area contributed by atoms with Gasteiger partial charge in [-0.25, -0.2) is 0 Å². The third-order valence-corrected chi connectivity index (χ3v) is 2.53. The van der Waals surface area contributed by atoms with Crippen molar-refractivity contribution in [1.82, 2.24) is 4.98 Å². The van der Waals surface area contributed by atoms with Crippen LogP contribution >= 0.6 is 0 Å². The van der Waals surface area contributed by atoms with Crippen molar-refractivity contribution in [3.05, 3.63) is 65.0 Å². The molecule has 0 radical (unpaired) electrons. The lowest BCUT2D eigenvalue weighted by molar-refractivity contribution is 1.18. The lowest BCUT2D eigenvalue weighted by Gasteiger charge is -1.99. The highest BCUT2D eigenvalue weighted by molar-refractivity contribution is 5.69. The molecule has 0 spiro atoms. The highest BCUT2D eigenvalue weighted by atomic mass is 14.7. The summed E-state index contributed by atoms with van der Waals surface area (Å²) in [7, 11) is 0. The molecule has 1 heterocycles. The van der Waals surface area contributed by atoms with E-state index in [1.165, 1.54) is 11.1 Å².